The number of ether oxygens (including phenoxy) is 1. The number of amides is 1. The maximum atomic E-state index is 13.4. The Hall–Kier alpha value is -3.13. The highest BCUT2D eigenvalue weighted by Gasteiger charge is 2.24. The highest BCUT2D eigenvalue weighted by Crippen LogP contribution is 2.30. The van der Waals surface area contributed by atoms with Crippen LogP contribution in [0.2, 0.25) is 0 Å². The number of aryl methyl sites for hydroxylation is 1. The number of furan rings is 1. The quantitative estimate of drug-likeness (QED) is 0.582. The molecule has 1 saturated heterocycles. The van der Waals surface area contributed by atoms with Crippen molar-refractivity contribution < 1.29 is 13.9 Å². The molecule has 1 atom stereocenters. The van der Waals surface area contributed by atoms with Gasteiger partial charge in [-0.3, -0.25) is 4.79 Å². The largest absolute Gasteiger partial charge is 0.494 e. The van der Waals surface area contributed by atoms with Gasteiger partial charge in [-0.1, -0.05) is 0 Å². The predicted molar refractivity (Wildman–Crippen MR) is 124 cm³/mol. The number of benzene rings is 1. The number of anilines is 1. The maximum absolute atomic E-state index is 13.4. The summed E-state index contributed by atoms with van der Waals surface area (Å²) in [4.78, 5) is 24.6. The number of hydrogen-bond acceptors (Lipinski definition) is 7. The highest BCUT2D eigenvalue weighted by molar-refractivity contribution is 6.07. The standard InChI is InChI=1S/C24H31N5O3/c1-5-31-18-8-9-20-19(12-18)22(15(2)32-20)24(30)29(4)14-17-11-21(25-3)28-23(27-17)16-7-6-10-26-13-16/h8-9,11-12,16,26H,5-7,10,13-14H2,1-4H3,(H,25,27,28)/t16-/m0/s1. The highest BCUT2D eigenvalue weighted by atomic mass is 16.5. The van der Waals surface area contributed by atoms with E-state index in [1.807, 2.05) is 45.2 Å². The summed E-state index contributed by atoms with van der Waals surface area (Å²) in [6.07, 6.45) is 2.18. The van der Waals surface area contributed by atoms with E-state index in [1.54, 1.807) is 11.9 Å². The first-order chi connectivity index (χ1) is 15.5. The summed E-state index contributed by atoms with van der Waals surface area (Å²) < 4.78 is 11.5. The molecule has 1 amide bonds. The van der Waals surface area contributed by atoms with Crippen LogP contribution in [0.5, 0.6) is 5.75 Å². The van der Waals surface area contributed by atoms with E-state index in [-0.39, 0.29) is 11.8 Å². The smallest absolute Gasteiger partial charge is 0.258 e. The minimum Gasteiger partial charge on any atom is -0.494 e. The van der Waals surface area contributed by atoms with Crippen LogP contribution in [-0.4, -0.2) is 54.6 Å². The maximum Gasteiger partial charge on any atom is 0.258 e. The third-order valence-electron chi connectivity index (χ3n) is 5.82. The summed E-state index contributed by atoms with van der Waals surface area (Å²) in [6.45, 7) is 6.61. The van der Waals surface area contributed by atoms with E-state index in [1.165, 1.54) is 0 Å². The molecule has 0 radical (unpaired) electrons. The molecular formula is C24H31N5O3. The van der Waals surface area contributed by atoms with Crippen molar-refractivity contribution in [3.63, 3.8) is 0 Å². The number of nitrogens with zero attached hydrogens (tertiary/aromatic N) is 3. The molecule has 32 heavy (non-hydrogen) atoms. The van der Waals surface area contributed by atoms with Crippen LogP contribution in [0.4, 0.5) is 5.82 Å². The van der Waals surface area contributed by atoms with Crippen LogP contribution in [0.3, 0.4) is 0 Å². The van der Waals surface area contributed by atoms with Crippen molar-refractivity contribution in [3.05, 3.63) is 47.1 Å². The lowest BCUT2D eigenvalue weighted by atomic mass is 9.99. The molecule has 0 spiro atoms. The molecule has 0 saturated carbocycles. The topological polar surface area (TPSA) is 92.5 Å². The van der Waals surface area contributed by atoms with Crippen LogP contribution in [0.1, 0.15) is 53.3 Å². The normalized spacial score (nSPS) is 16.2. The van der Waals surface area contributed by atoms with E-state index in [9.17, 15) is 4.79 Å². The van der Waals surface area contributed by atoms with Crippen molar-refractivity contribution in [3.8, 4) is 5.75 Å². The van der Waals surface area contributed by atoms with Crippen molar-refractivity contribution in [2.45, 2.75) is 39.2 Å². The van der Waals surface area contributed by atoms with Crippen molar-refractivity contribution >= 4 is 22.7 Å². The molecule has 1 aliphatic rings. The van der Waals surface area contributed by atoms with Crippen LogP contribution in [0, 0.1) is 6.92 Å². The van der Waals surface area contributed by atoms with E-state index in [0.717, 1.165) is 54.4 Å². The van der Waals surface area contributed by atoms with Crippen molar-refractivity contribution in [1.82, 2.24) is 20.2 Å². The zero-order valence-electron chi connectivity index (χ0n) is 19.2. The molecule has 0 bridgehead atoms. The first-order valence-corrected chi connectivity index (χ1v) is 11.2. The molecule has 1 aromatic carbocycles. The molecule has 2 aromatic heterocycles. The Morgan fingerprint density at radius 3 is 2.91 bits per heavy atom. The minimum atomic E-state index is -0.111. The Labute approximate surface area is 188 Å². The molecule has 170 valence electrons. The number of nitrogens with one attached hydrogen (secondary N) is 2. The number of fused-ring (bicyclic) bond motifs is 1. The summed E-state index contributed by atoms with van der Waals surface area (Å²) in [6, 6.07) is 7.47. The van der Waals surface area contributed by atoms with Gasteiger partial charge >= 0.3 is 0 Å². The SMILES string of the molecule is CCOc1ccc2oc(C)c(C(=O)N(C)Cc3cc(NC)nc([C@H]4CCCNC4)n3)c2c1. The van der Waals surface area contributed by atoms with Crippen LogP contribution in [0.25, 0.3) is 11.0 Å². The fourth-order valence-electron chi connectivity index (χ4n) is 4.21. The number of rotatable bonds is 7. The number of aromatic nitrogens is 2. The Bertz CT molecular complexity index is 1100. The zero-order valence-corrected chi connectivity index (χ0v) is 19.2. The van der Waals surface area contributed by atoms with Gasteiger partial charge in [-0.25, -0.2) is 9.97 Å². The predicted octanol–water partition coefficient (Wildman–Crippen LogP) is 3.71. The van der Waals surface area contributed by atoms with Gasteiger partial charge in [0.2, 0.25) is 0 Å². The Kier molecular flexibility index (Phi) is 6.60. The summed E-state index contributed by atoms with van der Waals surface area (Å²) >= 11 is 0. The summed E-state index contributed by atoms with van der Waals surface area (Å²) in [5.41, 5.74) is 2.04. The Morgan fingerprint density at radius 2 is 2.19 bits per heavy atom. The van der Waals surface area contributed by atoms with E-state index in [4.69, 9.17) is 14.1 Å². The number of carbonyl (C=O) groups is 1. The lowest BCUT2D eigenvalue weighted by molar-refractivity contribution is 0.0783. The third kappa shape index (κ3) is 4.55. The molecule has 4 rings (SSSR count). The molecule has 1 fully saturated rings. The first kappa shape index (κ1) is 22.1. The molecule has 8 heteroatoms. The lowest BCUT2D eigenvalue weighted by Gasteiger charge is -2.23. The van der Waals surface area contributed by atoms with Gasteiger partial charge in [0, 0.05) is 38.0 Å². The molecule has 2 N–H and O–H groups in total. The number of carbonyl (C=O) groups excluding carboxylic acids is 1. The van der Waals surface area contributed by atoms with Gasteiger partial charge in [0.15, 0.2) is 0 Å². The van der Waals surface area contributed by atoms with Gasteiger partial charge in [-0.2, -0.15) is 0 Å². The van der Waals surface area contributed by atoms with E-state index in [2.05, 4.69) is 15.6 Å². The van der Waals surface area contributed by atoms with Crippen molar-refractivity contribution in [2.24, 2.45) is 0 Å². The second-order valence-corrected chi connectivity index (χ2v) is 8.18. The molecular weight excluding hydrogens is 406 g/mol. The van der Waals surface area contributed by atoms with Gasteiger partial charge in [0.25, 0.3) is 5.91 Å². The fraction of sp³-hybridized carbons (Fsp3) is 0.458. The van der Waals surface area contributed by atoms with E-state index in [0.29, 0.717) is 30.1 Å². The van der Waals surface area contributed by atoms with Gasteiger partial charge in [-0.05, 0) is 51.4 Å². The molecule has 8 nitrogen and oxygen atoms in total. The average molecular weight is 438 g/mol. The van der Waals surface area contributed by atoms with Crippen molar-refractivity contribution in [2.75, 3.05) is 39.1 Å². The van der Waals surface area contributed by atoms with Crippen molar-refractivity contribution in [1.29, 1.82) is 0 Å². The van der Waals surface area contributed by atoms with Gasteiger partial charge in [0.1, 0.15) is 28.7 Å². The van der Waals surface area contributed by atoms with Crippen LogP contribution in [0.15, 0.2) is 28.7 Å². The van der Waals surface area contributed by atoms with E-state index < -0.39 is 0 Å². The average Bonchev–Trinajstić information content (AvgIpc) is 3.14. The second-order valence-electron chi connectivity index (χ2n) is 8.18. The van der Waals surface area contributed by atoms with Crippen LogP contribution in [-0.2, 0) is 6.54 Å². The monoisotopic (exact) mass is 437 g/mol. The molecule has 0 unspecified atom stereocenters. The molecule has 3 aromatic rings. The zero-order chi connectivity index (χ0) is 22.7. The van der Waals surface area contributed by atoms with Crippen LogP contribution < -0.4 is 15.4 Å². The molecule has 1 aliphatic heterocycles. The van der Waals surface area contributed by atoms with Gasteiger partial charge < -0.3 is 24.7 Å². The van der Waals surface area contributed by atoms with E-state index >= 15 is 0 Å². The number of hydrogen-bond donors (Lipinski definition) is 2. The third-order valence-corrected chi connectivity index (χ3v) is 5.82. The minimum absolute atomic E-state index is 0.111. The Balaban J connectivity index is 1.60. The summed E-state index contributed by atoms with van der Waals surface area (Å²) in [5.74, 6) is 3.08. The van der Waals surface area contributed by atoms with Crippen LogP contribution >= 0.6 is 0 Å². The molecule has 3 heterocycles. The summed E-state index contributed by atoms with van der Waals surface area (Å²) in [5, 5.41) is 7.31. The first-order valence-electron chi connectivity index (χ1n) is 11.2. The fourth-order valence-corrected chi connectivity index (χ4v) is 4.21. The van der Waals surface area contributed by atoms with Gasteiger partial charge in [-0.15, -0.1) is 0 Å². The number of piperidine rings is 1. The van der Waals surface area contributed by atoms with Gasteiger partial charge in [0.05, 0.1) is 24.4 Å². The second kappa shape index (κ2) is 9.56. The summed E-state index contributed by atoms with van der Waals surface area (Å²) in [7, 11) is 3.64. The Morgan fingerprint density at radius 1 is 1.34 bits per heavy atom. The molecule has 0 aliphatic carbocycles. The lowest BCUT2D eigenvalue weighted by Crippen LogP contribution is -2.30.